The minimum Gasteiger partial charge on any atom is -0.336 e. The van der Waals surface area contributed by atoms with E-state index in [0.29, 0.717) is 21.7 Å². The summed E-state index contributed by atoms with van der Waals surface area (Å²) in [5, 5.41) is 0. The number of carbonyl (C=O) groups excluding carboxylic acids is 1. The quantitative estimate of drug-likeness (QED) is 0.900. The smallest absolute Gasteiger partial charge is 0.264 e. The highest BCUT2D eigenvalue weighted by Gasteiger charge is 2.35. The topological polar surface area (TPSA) is 46.3 Å². The fourth-order valence-electron chi connectivity index (χ4n) is 1.90. The summed E-state index contributed by atoms with van der Waals surface area (Å²) in [6, 6.07) is 3.70. The van der Waals surface area contributed by atoms with E-state index in [1.54, 1.807) is 17.0 Å². The van der Waals surface area contributed by atoms with E-state index in [1.807, 2.05) is 7.05 Å². The highest BCUT2D eigenvalue weighted by Crippen LogP contribution is 2.35. The third kappa shape index (κ3) is 2.39. The van der Waals surface area contributed by atoms with Gasteiger partial charge < -0.3 is 10.6 Å². The Kier molecular flexibility index (Phi) is 3.52. The maximum Gasteiger partial charge on any atom is 0.264 e. The van der Waals surface area contributed by atoms with E-state index in [0.717, 1.165) is 0 Å². The van der Waals surface area contributed by atoms with Gasteiger partial charge in [-0.25, -0.2) is 0 Å². The molecule has 1 heterocycles. The maximum atomic E-state index is 12.1. The number of amides is 1. The molecule has 1 aromatic rings. The second kappa shape index (κ2) is 4.73. The fourth-order valence-corrected chi connectivity index (χ4v) is 2.93. The molecule has 1 fully saturated rings. The SMILES string of the molecule is CN(C(=O)c1ccc(Cl)s1)C(CN)C1CC1. The van der Waals surface area contributed by atoms with Crippen molar-refractivity contribution in [2.45, 2.75) is 18.9 Å². The van der Waals surface area contributed by atoms with Crippen LogP contribution in [0.3, 0.4) is 0 Å². The summed E-state index contributed by atoms with van der Waals surface area (Å²) in [5.74, 6) is 0.619. The summed E-state index contributed by atoms with van der Waals surface area (Å²) in [6.45, 7) is 0.534. The number of thiophene rings is 1. The van der Waals surface area contributed by atoms with Crippen LogP contribution in [0.2, 0.25) is 4.34 Å². The zero-order chi connectivity index (χ0) is 11.7. The molecule has 1 saturated carbocycles. The van der Waals surface area contributed by atoms with Gasteiger partial charge in [0.2, 0.25) is 0 Å². The number of hydrogen-bond donors (Lipinski definition) is 1. The summed E-state index contributed by atoms with van der Waals surface area (Å²) >= 11 is 7.14. The molecule has 1 amide bonds. The molecule has 2 N–H and O–H groups in total. The molecule has 0 bridgehead atoms. The van der Waals surface area contributed by atoms with Crippen LogP contribution in [-0.4, -0.2) is 30.4 Å². The van der Waals surface area contributed by atoms with Crippen molar-refractivity contribution in [3.8, 4) is 0 Å². The van der Waals surface area contributed by atoms with Crippen molar-refractivity contribution < 1.29 is 4.79 Å². The number of rotatable bonds is 4. The van der Waals surface area contributed by atoms with Crippen LogP contribution in [0.15, 0.2) is 12.1 Å². The molecule has 1 aromatic heterocycles. The molecular weight excluding hydrogens is 244 g/mol. The monoisotopic (exact) mass is 258 g/mol. The van der Waals surface area contributed by atoms with Gasteiger partial charge in [0.1, 0.15) is 0 Å². The molecule has 0 aliphatic heterocycles. The van der Waals surface area contributed by atoms with E-state index in [-0.39, 0.29) is 11.9 Å². The predicted octanol–water partition coefficient (Wildman–Crippen LogP) is 2.21. The van der Waals surface area contributed by atoms with Crippen LogP contribution in [0.5, 0.6) is 0 Å². The number of nitrogens with two attached hydrogens (primary N) is 1. The second-order valence-electron chi connectivity index (χ2n) is 4.16. The first-order chi connectivity index (χ1) is 7.63. The molecule has 1 unspecified atom stereocenters. The summed E-state index contributed by atoms with van der Waals surface area (Å²) in [7, 11) is 1.83. The molecule has 0 aromatic carbocycles. The van der Waals surface area contributed by atoms with Crippen molar-refractivity contribution in [1.29, 1.82) is 0 Å². The average molecular weight is 259 g/mol. The highest BCUT2D eigenvalue weighted by atomic mass is 35.5. The molecule has 3 nitrogen and oxygen atoms in total. The van der Waals surface area contributed by atoms with Crippen molar-refractivity contribution in [2.24, 2.45) is 11.7 Å². The molecule has 16 heavy (non-hydrogen) atoms. The Balaban J connectivity index is 2.08. The summed E-state index contributed by atoms with van der Waals surface area (Å²) in [6.07, 6.45) is 2.37. The van der Waals surface area contributed by atoms with E-state index in [4.69, 9.17) is 17.3 Å². The summed E-state index contributed by atoms with van der Waals surface area (Å²) < 4.78 is 0.646. The molecule has 1 aliphatic carbocycles. The van der Waals surface area contributed by atoms with Crippen LogP contribution in [0.4, 0.5) is 0 Å². The molecule has 0 spiro atoms. The van der Waals surface area contributed by atoms with Gasteiger partial charge in [-0.3, -0.25) is 4.79 Å². The first kappa shape index (κ1) is 11.9. The van der Waals surface area contributed by atoms with Gasteiger partial charge in [0.15, 0.2) is 0 Å². The van der Waals surface area contributed by atoms with Gasteiger partial charge in [-0.05, 0) is 30.9 Å². The van der Waals surface area contributed by atoms with Crippen molar-refractivity contribution in [3.63, 3.8) is 0 Å². The Morgan fingerprint density at radius 2 is 2.38 bits per heavy atom. The first-order valence-corrected chi connectivity index (χ1v) is 6.55. The molecular formula is C11H15ClN2OS. The second-order valence-corrected chi connectivity index (χ2v) is 5.88. The van der Waals surface area contributed by atoms with Gasteiger partial charge in [-0.1, -0.05) is 11.6 Å². The fraction of sp³-hybridized carbons (Fsp3) is 0.545. The molecule has 0 radical (unpaired) electrons. The average Bonchev–Trinajstić information content (AvgIpc) is 3.00. The van der Waals surface area contributed by atoms with E-state index >= 15 is 0 Å². The summed E-state index contributed by atoms with van der Waals surface area (Å²) in [5.41, 5.74) is 5.72. The zero-order valence-corrected chi connectivity index (χ0v) is 10.7. The minimum absolute atomic E-state index is 0.0271. The highest BCUT2D eigenvalue weighted by molar-refractivity contribution is 7.17. The van der Waals surface area contributed by atoms with Gasteiger partial charge in [-0.15, -0.1) is 11.3 Å². The molecule has 1 aliphatic rings. The third-order valence-electron chi connectivity index (χ3n) is 3.01. The molecule has 0 saturated heterocycles. The normalized spacial score (nSPS) is 17.2. The molecule has 5 heteroatoms. The molecule has 2 rings (SSSR count). The Morgan fingerprint density at radius 3 is 2.81 bits per heavy atom. The van der Waals surface area contributed by atoms with Crippen LogP contribution in [-0.2, 0) is 0 Å². The minimum atomic E-state index is 0.0271. The summed E-state index contributed by atoms with van der Waals surface area (Å²) in [4.78, 5) is 14.6. The van der Waals surface area contributed by atoms with E-state index in [2.05, 4.69) is 0 Å². The van der Waals surface area contributed by atoms with Gasteiger partial charge in [0.25, 0.3) is 5.91 Å². The Labute approximate surface area is 104 Å². The first-order valence-electron chi connectivity index (χ1n) is 5.36. The van der Waals surface area contributed by atoms with Crippen LogP contribution in [0.25, 0.3) is 0 Å². The van der Waals surface area contributed by atoms with E-state index in [1.165, 1.54) is 24.2 Å². The lowest BCUT2D eigenvalue weighted by Crippen LogP contribution is -2.43. The molecule has 88 valence electrons. The lowest BCUT2D eigenvalue weighted by Gasteiger charge is -2.26. The predicted molar refractivity (Wildman–Crippen MR) is 67.0 cm³/mol. The largest absolute Gasteiger partial charge is 0.336 e. The van der Waals surface area contributed by atoms with Crippen molar-refractivity contribution in [2.75, 3.05) is 13.6 Å². The van der Waals surface area contributed by atoms with Crippen LogP contribution < -0.4 is 5.73 Å². The van der Waals surface area contributed by atoms with E-state index < -0.39 is 0 Å². The number of nitrogens with zero attached hydrogens (tertiary/aromatic N) is 1. The van der Waals surface area contributed by atoms with Gasteiger partial charge in [0, 0.05) is 19.6 Å². The Bertz CT molecular complexity index is 389. The Hall–Kier alpha value is -0.580. The van der Waals surface area contributed by atoms with Crippen molar-refractivity contribution >= 4 is 28.8 Å². The standard InChI is InChI=1S/C11H15ClN2OS/c1-14(8(6-13)7-2-3-7)11(15)9-4-5-10(12)16-9/h4-5,7-8H,2-3,6,13H2,1H3. The van der Waals surface area contributed by atoms with Crippen LogP contribution in [0.1, 0.15) is 22.5 Å². The Morgan fingerprint density at radius 1 is 1.69 bits per heavy atom. The lowest BCUT2D eigenvalue weighted by molar-refractivity contribution is 0.0723. The zero-order valence-electron chi connectivity index (χ0n) is 9.15. The number of likely N-dealkylation sites (N-methyl/N-ethyl adjacent to an activating group) is 1. The van der Waals surface area contributed by atoms with Crippen molar-refractivity contribution in [1.82, 2.24) is 4.90 Å². The van der Waals surface area contributed by atoms with Crippen LogP contribution in [0, 0.1) is 5.92 Å². The molecule has 1 atom stereocenters. The number of halogens is 1. The van der Waals surface area contributed by atoms with Gasteiger partial charge in [0.05, 0.1) is 9.21 Å². The van der Waals surface area contributed by atoms with Gasteiger partial charge >= 0.3 is 0 Å². The number of hydrogen-bond acceptors (Lipinski definition) is 3. The maximum absolute atomic E-state index is 12.1. The lowest BCUT2D eigenvalue weighted by atomic mass is 10.1. The van der Waals surface area contributed by atoms with Crippen molar-refractivity contribution in [3.05, 3.63) is 21.3 Å². The van der Waals surface area contributed by atoms with Gasteiger partial charge in [-0.2, -0.15) is 0 Å². The van der Waals surface area contributed by atoms with E-state index in [9.17, 15) is 4.79 Å². The number of carbonyl (C=O) groups is 1. The van der Waals surface area contributed by atoms with Crippen LogP contribution >= 0.6 is 22.9 Å². The third-order valence-corrected chi connectivity index (χ3v) is 4.23.